The smallest absolute Gasteiger partial charge is 0.0184 e. The van der Waals surface area contributed by atoms with Gasteiger partial charge in [-0.25, -0.2) is 0 Å². The van der Waals surface area contributed by atoms with Crippen LogP contribution in [0.3, 0.4) is 0 Å². The van der Waals surface area contributed by atoms with Gasteiger partial charge in [0.15, 0.2) is 0 Å². The van der Waals surface area contributed by atoms with Gasteiger partial charge in [0.25, 0.3) is 0 Å². The zero-order valence-electron chi connectivity index (χ0n) is 10.2. The maximum absolute atomic E-state index is 3.57. The third-order valence-electron chi connectivity index (χ3n) is 3.14. The summed E-state index contributed by atoms with van der Waals surface area (Å²) in [6.45, 7) is 2.12. The first kappa shape index (κ1) is 11.5. The molecule has 0 fully saturated rings. The highest BCUT2D eigenvalue weighted by molar-refractivity contribution is 9.10. The number of halogens is 1. The number of aryl methyl sites for hydroxylation is 1. The van der Waals surface area contributed by atoms with E-state index >= 15 is 0 Å². The number of rotatable bonds is 1. The van der Waals surface area contributed by atoms with Crippen molar-refractivity contribution in [2.24, 2.45) is 0 Å². The first-order valence-electron chi connectivity index (χ1n) is 5.99. The molecule has 0 spiro atoms. The van der Waals surface area contributed by atoms with Gasteiger partial charge in [0.2, 0.25) is 0 Å². The van der Waals surface area contributed by atoms with E-state index < -0.39 is 0 Å². The van der Waals surface area contributed by atoms with Crippen molar-refractivity contribution < 1.29 is 0 Å². The normalized spacial score (nSPS) is 10.8. The molecule has 0 bridgehead atoms. The zero-order valence-corrected chi connectivity index (χ0v) is 11.7. The van der Waals surface area contributed by atoms with E-state index in [0.717, 1.165) is 4.47 Å². The summed E-state index contributed by atoms with van der Waals surface area (Å²) in [6, 6.07) is 21.5. The van der Waals surface area contributed by atoms with Crippen LogP contribution in [0.25, 0.3) is 21.9 Å². The maximum atomic E-state index is 3.57. The van der Waals surface area contributed by atoms with Gasteiger partial charge < -0.3 is 0 Å². The summed E-state index contributed by atoms with van der Waals surface area (Å²) in [4.78, 5) is 0. The van der Waals surface area contributed by atoms with Gasteiger partial charge in [-0.15, -0.1) is 0 Å². The summed E-state index contributed by atoms with van der Waals surface area (Å²) in [7, 11) is 0. The molecule has 0 heterocycles. The molecule has 3 aromatic carbocycles. The van der Waals surface area contributed by atoms with Gasteiger partial charge in [-0.3, -0.25) is 0 Å². The first-order valence-corrected chi connectivity index (χ1v) is 6.79. The summed E-state index contributed by atoms with van der Waals surface area (Å²) >= 11 is 3.57. The number of hydrogen-bond acceptors (Lipinski definition) is 0. The van der Waals surface area contributed by atoms with Crippen molar-refractivity contribution in [3.8, 4) is 11.1 Å². The molecule has 0 saturated carbocycles. The summed E-state index contributed by atoms with van der Waals surface area (Å²) in [5, 5.41) is 2.59. The zero-order chi connectivity index (χ0) is 12.5. The average molecular weight is 297 g/mol. The van der Waals surface area contributed by atoms with Gasteiger partial charge in [-0.05, 0) is 46.5 Å². The van der Waals surface area contributed by atoms with E-state index in [-0.39, 0.29) is 0 Å². The molecule has 0 unspecified atom stereocenters. The van der Waals surface area contributed by atoms with E-state index in [1.54, 1.807) is 0 Å². The Bertz CT molecular complexity index is 688. The maximum Gasteiger partial charge on any atom is 0.0184 e. The SMILES string of the molecule is Cc1cc(Br)cc(-c2cccc3ccccc23)c1. The quantitative estimate of drug-likeness (QED) is 0.550. The van der Waals surface area contributed by atoms with Gasteiger partial charge in [-0.1, -0.05) is 64.5 Å². The van der Waals surface area contributed by atoms with Crippen LogP contribution in [-0.4, -0.2) is 0 Å². The molecule has 3 aromatic rings. The molecule has 0 saturated heterocycles. The van der Waals surface area contributed by atoms with E-state index in [4.69, 9.17) is 0 Å². The molecule has 0 atom stereocenters. The van der Waals surface area contributed by atoms with Crippen molar-refractivity contribution in [3.05, 3.63) is 70.7 Å². The molecule has 0 aliphatic heterocycles. The Morgan fingerprint density at radius 1 is 0.833 bits per heavy atom. The standard InChI is InChI=1S/C17H13Br/c1-12-9-14(11-15(18)10-12)17-8-4-6-13-5-2-3-7-16(13)17/h2-11H,1H3. The topological polar surface area (TPSA) is 0 Å². The van der Waals surface area contributed by atoms with Gasteiger partial charge in [0.1, 0.15) is 0 Å². The third-order valence-corrected chi connectivity index (χ3v) is 3.60. The average Bonchev–Trinajstić information content (AvgIpc) is 2.37. The Balaban J connectivity index is 2.31. The number of benzene rings is 3. The van der Waals surface area contributed by atoms with Crippen LogP contribution in [-0.2, 0) is 0 Å². The molecule has 88 valence electrons. The lowest BCUT2D eigenvalue weighted by molar-refractivity contribution is 1.45. The molecule has 0 radical (unpaired) electrons. The van der Waals surface area contributed by atoms with E-state index in [2.05, 4.69) is 83.5 Å². The lowest BCUT2D eigenvalue weighted by Gasteiger charge is -2.08. The summed E-state index contributed by atoms with van der Waals surface area (Å²) < 4.78 is 1.13. The molecule has 0 N–H and O–H groups in total. The third kappa shape index (κ3) is 2.06. The second-order valence-electron chi connectivity index (χ2n) is 4.54. The predicted octanol–water partition coefficient (Wildman–Crippen LogP) is 5.58. The van der Waals surface area contributed by atoms with Gasteiger partial charge in [0.05, 0.1) is 0 Å². The molecular weight excluding hydrogens is 284 g/mol. The van der Waals surface area contributed by atoms with Gasteiger partial charge >= 0.3 is 0 Å². The van der Waals surface area contributed by atoms with Crippen molar-refractivity contribution >= 4 is 26.7 Å². The molecule has 0 amide bonds. The summed E-state index contributed by atoms with van der Waals surface area (Å²) in [5.74, 6) is 0. The monoisotopic (exact) mass is 296 g/mol. The number of hydrogen-bond donors (Lipinski definition) is 0. The Labute approximate surface area is 115 Å². The van der Waals surface area contributed by atoms with Crippen molar-refractivity contribution in [3.63, 3.8) is 0 Å². The van der Waals surface area contributed by atoms with Crippen LogP contribution in [0.1, 0.15) is 5.56 Å². The molecule has 1 heteroatoms. The fourth-order valence-electron chi connectivity index (χ4n) is 2.37. The Morgan fingerprint density at radius 2 is 1.61 bits per heavy atom. The van der Waals surface area contributed by atoms with Crippen molar-refractivity contribution in [2.45, 2.75) is 6.92 Å². The Kier molecular flexibility index (Phi) is 2.92. The van der Waals surface area contributed by atoms with Gasteiger partial charge in [-0.2, -0.15) is 0 Å². The molecular formula is C17H13Br. The second kappa shape index (κ2) is 4.58. The van der Waals surface area contributed by atoms with E-state index in [1.807, 2.05) is 0 Å². The Morgan fingerprint density at radius 3 is 2.44 bits per heavy atom. The lowest BCUT2D eigenvalue weighted by Crippen LogP contribution is -1.83. The van der Waals surface area contributed by atoms with Crippen molar-refractivity contribution in [1.82, 2.24) is 0 Å². The van der Waals surface area contributed by atoms with Crippen molar-refractivity contribution in [1.29, 1.82) is 0 Å². The predicted molar refractivity (Wildman–Crippen MR) is 81.8 cm³/mol. The minimum Gasteiger partial charge on any atom is -0.0616 e. The molecule has 0 aliphatic carbocycles. The molecule has 0 aliphatic rings. The van der Waals surface area contributed by atoms with Gasteiger partial charge in [0, 0.05) is 4.47 Å². The highest BCUT2D eigenvalue weighted by Crippen LogP contribution is 2.30. The fourth-order valence-corrected chi connectivity index (χ4v) is 2.98. The minimum absolute atomic E-state index is 1.13. The minimum atomic E-state index is 1.13. The van der Waals surface area contributed by atoms with Crippen molar-refractivity contribution in [2.75, 3.05) is 0 Å². The van der Waals surface area contributed by atoms with E-state index in [9.17, 15) is 0 Å². The number of fused-ring (bicyclic) bond motifs is 1. The highest BCUT2D eigenvalue weighted by Gasteiger charge is 2.04. The summed E-state index contributed by atoms with van der Waals surface area (Å²) in [6.07, 6.45) is 0. The Hall–Kier alpha value is -1.60. The highest BCUT2D eigenvalue weighted by atomic mass is 79.9. The second-order valence-corrected chi connectivity index (χ2v) is 5.46. The van der Waals surface area contributed by atoms with Crippen LogP contribution < -0.4 is 0 Å². The van der Waals surface area contributed by atoms with Crippen LogP contribution in [0, 0.1) is 6.92 Å². The van der Waals surface area contributed by atoms with E-state index in [0.29, 0.717) is 0 Å². The lowest BCUT2D eigenvalue weighted by atomic mass is 9.97. The van der Waals surface area contributed by atoms with Crippen LogP contribution >= 0.6 is 15.9 Å². The van der Waals surface area contributed by atoms with Crippen LogP contribution in [0.2, 0.25) is 0 Å². The van der Waals surface area contributed by atoms with Crippen LogP contribution in [0.5, 0.6) is 0 Å². The summed E-state index contributed by atoms with van der Waals surface area (Å²) in [5.41, 5.74) is 3.82. The first-order chi connectivity index (χ1) is 8.74. The van der Waals surface area contributed by atoms with Crippen LogP contribution in [0.15, 0.2) is 65.1 Å². The molecule has 3 rings (SSSR count). The molecule has 18 heavy (non-hydrogen) atoms. The fraction of sp³-hybridized carbons (Fsp3) is 0.0588. The largest absolute Gasteiger partial charge is 0.0616 e. The van der Waals surface area contributed by atoms with E-state index in [1.165, 1.54) is 27.5 Å². The van der Waals surface area contributed by atoms with Crippen LogP contribution in [0.4, 0.5) is 0 Å². The molecule has 0 aromatic heterocycles. The molecule has 0 nitrogen and oxygen atoms in total.